The number of aromatic nitrogens is 3. The number of nitrogens with zero attached hydrogens (tertiary/aromatic N) is 2. The van der Waals surface area contributed by atoms with Crippen LogP contribution in [0.4, 0.5) is 5.69 Å². The van der Waals surface area contributed by atoms with Gasteiger partial charge < -0.3 is 14.9 Å². The molecule has 0 radical (unpaired) electrons. The molecule has 7 nitrogen and oxygen atoms in total. The van der Waals surface area contributed by atoms with E-state index in [1.54, 1.807) is 72.5 Å². The number of aromatic amines is 1. The summed E-state index contributed by atoms with van der Waals surface area (Å²) in [5, 5.41) is 3.42. The number of aryl methyl sites for hydroxylation is 1. The van der Waals surface area contributed by atoms with Gasteiger partial charge in [-0.3, -0.25) is 14.4 Å². The second-order valence-corrected chi connectivity index (χ2v) is 6.32. The number of imidazole rings is 1. The zero-order valence-corrected chi connectivity index (χ0v) is 15.0. The van der Waals surface area contributed by atoms with Crippen LogP contribution in [0.25, 0.3) is 10.9 Å². The third-order valence-corrected chi connectivity index (χ3v) is 4.42. The number of amides is 1. The fraction of sp³-hybridized carbons (Fsp3) is 0.0476. The Hall–Kier alpha value is -4.00. The number of ketones is 1. The molecule has 2 heterocycles. The molecule has 2 aromatic carbocycles. The predicted octanol–water partition coefficient (Wildman–Crippen LogP) is 2.74. The summed E-state index contributed by atoms with van der Waals surface area (Å²) in [5.74, 6) is -0.261. The topological polar surface area (TPSA) is 96.8 Å². The Labute approximate surface area is 159 Å². The van der Waals surface area contributed by atoms with E-state index in [1.807, 2.05) is 0 Å². The molecule has 7 heteroatoms. The Bertz CT molecular complexity index is 1250. The Morgan fingerprint density at radius 1 is 1.07 bits per heavy atom. The molecule has 1 amide bonds. The summed E-state index contributed by atoms with van der Waals surface area (Å²) in [4.78, 5) is 43.7. The van der Waals surface area contributed by atoms with Crippen molar-refractivity contribution in [2.24, 2.45) is 7.05 Å². The van der Waals surface area contributed by atoms with Crippen molar-refractivity contribution in [1.82, 2.24) is 14.5 Å². The zero-order chi connectivity index (χ0) is 19.7. The third kappa shape index (κ3) is 3.21. The second-order valence-electron chi connectivity index (χ2n) is 6.32. The molecule has 138 valence electrons. The first kappa shape index (κ1) is 17.4. The SMILES string of the molecule is Cn1ccnc1C(=O)c1ccc(NC(=O)c2cc(=O)[nH]c3ccccc23)cc1. The van der Waals surface area contributed by atoms with Crippen molar-refractivity contribution in [2.75, 3.05) is 5.32 Å². The fourth-order valence-corrected chi connectivity index (χ4v) is 3.01. The maximum absolute atomic E-state index is 12.7. The summed E-state index contributed by atoms with van der Waals surface area (Å²) in [6.07, 6.45) is 3.27. The summed E-state index contributed by atoms with van der Waals surface area (Å²) >= 11 is 0. The number of carbonyl (C=O) groups excluding carboxylic acids is 2. The fourth-order valence-electron chi connectivity index (χ4n) is 3.01. The van der Waals surface area contributed by atoms with Gasteiger partial charge in [-0.2, -0.15) is 0 Å². The van der Waals surface area contributed by atoms with E-state index in [0.29, 0.717) is 28.0 Å². The van der Waals surface area contributed by atoms with E-state index in [-0.39, 0.29) is 16.9 Å². The van der Waals surface area contributed by atoms with Crippen LogP contribution in [0, 0.1) is 0 Å². The van der Waals surface area contributed by atoms with Crippen LogP contribution < -0.4 is 10.9 Å². The number of fused-ring (bicyclic) bond motifs is 1. The van der Waals surface area contributed by atoms with Crippen molar-refractivity contribution < 1.29 is 9.59 Å². The molecule has 0 unspecified atom stereocenters. The number of hydrogen-bond donors (Lipinski definition) is 2. The Morgan fingerprint density at radius 3 is 2.54 bits per heavy atom. The number of para-hydroxylation sites is 1. The molecule has 0 spiro atoms. The minimum absolute atomic E-state index is 0.203. The Morgan fingerprint density at radius 2 is 1.82 bits per heavy atom. The molecular formula is C21H16N4O3. The monoisotopic (exact) mass is 372 g/mol. The average molecular weight is 372 g/mol. The van der Waals surface area contributed by atoms with Gasteiger partial charge in [-0.15, -0.1) is 0 Å². The lowest BCUT2D eigenvalue weighted by molar-refractivity contribution is 0.102. The van der Waals surface area contributed by atoms with E-state index in [1.165, 1.54) is 6.07 Å². The molecule has 4 rings (SSSR count). The summed E-state index contributed by atoms with van der Waals surface area (Å²) in [7, 11) is 1.75. The molecule has 0 aliphatic rings. The smallest absolute Gasteiger partial charge is 0.256 e. The molecular weight excluding hydrogens is 356 g/mol. The highest BCUT2D eigenvalue weighted by Crippen LogP contribution is 2.18. The van der Waals surface area contributed by atoms with Gasteiger partial charge in [0, 0.05) is 47.7 Å². The van der Waals surface area contributed by atoms with Gasteiger partial charge in [-0.05, 0) is 30.3 Å². The van der Waals surface area contributed by atoms with Crippen molar-refractivity contribution >= 4 is 28.3 Å². The molecule has 0 aliphatic heterocycles. The van der Waals surface area contributed by atoms with Crippen LogP contribution in [0.1, 0.15) is 26.5 Å². The highest BCUT2D eigenvalue weighted by atomic mass is 16.2. The van der Waals surface area contributed by atoms with Crippen LogP contribution in [-0.4, -0.2) is 26.2 Å². The molecule has 28 heavy (non-hydrogen) atoms. The average Bonchev–Trinajstić information content (AvgIpc) is 3.13. The molecule has 2 N–H and O–H groups in total. The van der Waals surface area contributed by atoms with Gasteiger partial charge in [0.15, 0.2) is 5.82 Å². The Balaban J connectivity index is 1.59. The van der Waals surface area contributed by atoms with Crippen molar-refractivity contribution in [1.29, 1.82) is 0 Å². The lowest BCUT2D eigenvalue weighted by atomic mass is 10.1. The number of rotatable bonds is 4. The highest BCUT2D eigenvalue weighted by Gasteiger charge is 2.15. The summed E-state index contributed by atoms with van der Waals surface area (Å²) in [6.45, 7) is 0. The lowest BCUT2D eigenvalue weighted by Gasteiger charge is -2.08. The van der Waals surface area contributed by atoms with Crippen LogP contribution in [0.2, 0.25) is 0 Å². The third-order valence-electron chi connectivity index (χ3n) is 4.42. The molecule has 0 saturated carbocycles. The van der Waals surface area contributed by atoms with Crippen LogP contribution in [0.5, 0.6) is 0 Å². The molecule has 2 aromatic heterocycles. The number of pyridine rings is 1. The van der Waals surface area contributed by atoms with Crippen molar-refractivity contribution in [3.8, 4) is 0 Å². The van der Waals surface area contributed by atoms with Gasteiger partial charge in [0.05, 0.1) is 5.56 Å². The molecule has 0 bridgehead atoms. The maximum Gasteiger partial charge on any atom is 0.256 e. The second kappa shape index (κ2) is 6.96. The number of H-pyrrole nitrogens is 1. The van der Waals surface area contributed by atoms with Crippen molar-refractivity contribution in [2.45, 2.75) is 0 Å². The van der Waals surface area contributed by atoms with Crippen LogP contribution in [0.15, 0.2) is 71.8 Å². The molecule has 0 atom stereocenters. The maximum atomic E-state index is 12.7. The zero-order valence-electron chi connectivity index (χ0n) is 15.0. The van der Waals surface area contributed by atoms with E-state index in [4.69, 9.17) is 0 Å². The van der Waals surface area contributed by atoms with Gasteiger partial charge in [-0.25, -0.2) is 4.98 Å². The van der Waals surface area contributed by atoms with Gasteiger partial charge in [-0.1, -0.05) is 18.2 Å². The van der Waals surface area contributed by atoms with Crippen LogP contribution in [-0.2, 0) is 7.05 Å². The minimum Gasteiger partial charge on any atom is -0.331 e. The standard InChI is InChI=1S/C21H16N4O3/c1-25-11-10-22-20(25)19(27)13-6-8-14(9-7-13)23-21(28)16-12-18(26)24-17-5-3-2-4-15(16)17/h2-12H,1H3,(H,23,28)(H,24,26). The molecule has 0 fully saturated rings. The van der Waals surface area contributed by atoms with Crippen molar-refractivity contribution in [3.63, 3.8) is 0 Å². The number of benzene rings is 2. The lowest BCUT2D eigenvalue weighted by Crippen LogP contribution is -2.17. The normalized spacial score (nSPS) is 10.8. The number of hydrogen-bond acceptors (Lipinski definition) is 4. The van der Waals surface area contributed by atoms with E-state index in [0.717, 1.165) is 0 Å². The first-order chi connectivity index (χ1) is 13.5. The largest absolute Gasteiger partial charge is 0.331 e. The van der Waals surface area contributed by atoms with E-state index in [2.05, 4.69) is 15.3 Å². The van der Waals surface area contributed by atoms with E-state index < -0.39 is 5.91 Å². The van der Waals surface area contributed by atoms with Crippen molar-refractivity contribution in [3.05, 3.63) is 94.3 Å². The van der Waals surface area contributed by atoms with Gasteiger partial charge in [0.1, 0.15) is 0 Å². The highest BCUT2D eigenvalue weighted by molar-refractivity contribution is 6.12. The van der Waals surface area contributed by atoms with Crippen LogP contribution in [0.3, 0.4) is 0 Å². The summed E-state index contributed by atoms with van der Waals surface area (Å²) < 4.78 is 1.65. The van der Waals surface area contributed by atoms with E-state index in [9.17, 15) is 14.4 Å². The summed E-state index contributed by atoms with van der Waals surface area (Å²) in [5.41, 5.74) is 1.52. The van der Waals surface area contributed by atoms with Gasteiger partial charge in [0.25, 0.3) is 5.91 Å². The van der Waals surface area contributed by atoms with Gasteiger partial charge >= 0.3 is 0 Å². The Kier molecular flexibility index (Phi) is 4.33. The molecule has 4 aromatic rings. The number of anilines is 1. The molecule has 0 aliphatic carbocycles. The van der Waals surface area contributed by atoms with E-state index >= 15 is 0 Å². The first-order valence-corrected chi connectivity index (χ1v) is 8.58. The quantitative estimate of drug-likeness (QED) is 0.538. The predicted molar refractivity (Wildman–Crippen MR) is 106 cm³/mol. The number of nitrogens with one attached hydrogen (secondary N) is 2. The first-order valence-electron chi connectivity index (χ1n) is 8.58. The van der Waals surface area contributed by atoms with Gasteiger partial charge in [0.2, 0.25) is 11.3 Å². The van der Waals surface area contributed by atoms with Crippen LogP contribution >= 0.6 is 0 Å². The number of carbonyl (C=O) groups is 2. The molecule has 0 saturated heterocycles. The minimum atomic E-state index is -0.398. The summed E-state index contributed by atoms with van der Waals surface area (Å²) in [6, 6.07) is 14.9.